The molecule has 0 fully saturated rings. The molecule has 1 heterocycles. The van der Waals surface area contributed by atoms with Crippen LogP contribution in [-0.2, 0) is 6.54 Å². The molecule has 0 amide bonds. The van der Waals surface area contributed by atoms with Crippen LogP contribution in [0.25, 0.3) is 11.3 Å². The van der Waals surface area contributed by atoms with Crippen LogP contribution in [0.3, 0.4) is 0 Å². The Balaban J connectivity index is 2.21. The summed E-state index contributed by atoms with van der Waals surface area (Å²) < 4.78 is 5.50. The van der Waals surface area contributed by atoms with Gasteiger partial charge in [-0.3, -0.25) is 4.79 Å². The topological polar surface area (TPSA) is 67.0 Å². The van der Waals surface area contributed by atoms with Crippen molar-refractivity contribution in [3.05, 3.63) is 46.2 Å². The van der Waals surface area contributed by atoms with Crippen LogP contribution < -0.4 is 15.6 Å². The van der Waals surface area contributed by atoms with Crippen molar-refractivity contribution in [3.63, 3.8) is 0 Å². The average molecular weight is 301 g/mol. The standard InChI is InChI=1S/C17H23N3O2/c1-4-22-15-7-5-6-13(8-15)16-9-14(17(21)20-19-16)11-18-10-12(2)3/h5-9,12,18H,4,10-11H2,1-3H3,(H,20,21). The van der Waals surface area contributed by atoms with Gasteiger partial charge in [-0.25, -0.2) is 5.10 Å². The van der Waals surface area contributed by atoms with Crippen LogP contribution in [-0.4, -0.2) is 23.3 Å². The molecule has 2 N–H and O–H groups in total. The average Bonchev–Trinajstić information content (AvgIpc) is 2.49. The number of H-pyrrole nitrogens is 1. The zero-order chi connectivity index (χ0) is 15.9. The van der Waals surface area contributed by atoms with Crippen molar-refractivity contribution in [1.29, 1.82) is 0 Å². The molecule has 0 unspecified atom stereocenters. The number of rotatable bonds is 7. The van der Waals surface area contributed by atoms with E-state index in [1.165, 1.54) is 0 Å². The van der Waals surface area contributed by atoms with Crippen molar-refractivity contribution in [3.8, 4) is 17.0 Å². The summed E-state index contributed by atoms with van der Waals surface area (Å²) in [5.74, 6) is 1.34. The summed E-state index contributed by atoms with van der Waals surface area (Å²) in [7, 11) is 0. The van der Waals surface area contributed by atoms with Crippen LogP contribution in [0, 0.1) is 5.92 Å². The van der Waals surface area contributed by atoms with Crippen molar-refractivity contribution >= 4 is 0 Å². The minimum absolute atomic E-state index is 0.152. The molecule has 0 spiro atoms. The van der Waals surface area contributed by atoms with E-state index < -0.39 is 0 Å². The first-order valence-electron chi connectivity index (χ1n) is 7.62. The maximum atomic E-state index is 11.9. The van der Waals surface area contributed by atoms with Gasteiger partial charge in [-0.15, -0.1) is 0 Å². The SMILES string of the molecule is CCOc1cccc(-c2cc(CNCC(C)C)c(=O)[nH]n2)c1. The Morgan fingerprint density at radius 1 is 1.32 bits per heavy atom. The van der Waals surface area contributed by atoms with Gasteiger partial charge in [-0.1, -0.05) is 26.0 Å². The molecule has 0 aliphatic rings. The minimum atomic E-state index is -0.152. The second-order valence-corrected chi connectivity index (χ2v) is 5.59. The van der Waals surface area contributed by atoms with Crippen molar-refractivity contribution in [2.24, 2.45) is 5.92 Å². The van der Waals surface area contributed by atoms with Crippen LogP contribution in [0.15, 0.2) is 35.1 Å². The fourth-order valence-corrected chi connectivity index (χ4v) is 2.13. The van der Waals surface area contributed by atoms with Crippen LogP contribution >= 0.6 is 0 Å². The van der Waals surface area contributed by atoms with Gasteiger partial charge >= 0.3 is 0 Å². The van der Waals surface area contributed by atoms with Crippen molar-refractivity contribution in [2.75, 3.05) is 13.2 Å². The number of aromatic nitrogens is 2. The number of benzene rings is 1. The predicted molar refractivity (Wildman–Crippen MR) is 88.0 cm³/mol. The number of aromatic amines is 1. The summed E-state index contributed by atoms with van der Waals surface area (Å²) in [4.78, 5) is 11.9. The molecule has 22 heavy (non-hydrogen) atoms. The molecule has 0 radical (unpaired) electrons. The maximum absolute atomic E-state index is 11.9. The second kappa shape index (κ2) is 7.75. The molecule has 2 rings (SSSR count). The third kappa shape index (κ3) is 4.43. The number of ether oxygens (including phenoxy) is 1. The van der Waals surface area contributed by atoms with E-state index in [9.17, 15) is 4.79 Å². The Labute approximate surface area is 130 Å². The van der Waals surface area contributed by atoms with E-state index in [4.69, 9.17) is 4.74 Å². The molecule has 0 saturated carbocycles. The van der Waals surface area contributed by atoms with E-state index >= 15 is 0 Å². The molecule has 5 nitrogen and oxygen atoms in total. The second-order valence-electron chi connectivity index (χ2n) is 5.59. The van der Waals surface area contributed by atoms with Crippen LogP contribution in [0.1, 0.15) is 26.3 Å². The van der Waals surface area contributed by atoms with Crippen molar-refractivity contribution in [2.45, 2.75) is 27.3 Å². The van der Waals surface area contributed by atoms with Gasteiger partial charge in [-0.05, 0) is 37.6 Å². The molecular weight excluding hydrogens is 278 g/mol. The van der Waals surface area contributed by atoms with Gasteiger partial charge < -0.3 is 10.1 Å². The monoisotopic (exact) mass is 301 g/mol. The summed E-state index contributed by atoms with van der Waals surface area (Å²) >= 11 is 0. The molecular formula is C17H23N3O2. The highest BCUT2D eigenvalue weighted by molar-refractivity contribution is 5.61. The Morgan fingerprint density at radius 3 is 2.86 bits per heavy atom. The lowest BCUT2D eigenvalue weighted by Gasteiger charge is -2.09. The van der Waals surface area contributed by atoms with Gasteiger partial charge in [0.1, 0.15) is 5.75 Å². The van der Waals surface area contributed by atoms with Gasteiger partial charge in [0.05, 0.1) is 12.3 Å². The Hall–Kier alpha value is -2.14. The van der Waals surface area contributed by atoms with Gasteiger partial charge in [0.25, 0.3) is 5.56 Å². The lowest BCUT2D eigenvalue weighted by atomic mass is 10.1. The van der Waals surface area contributed by atoms with E-state index in [2.05, 4.69) is 29.4 Å². The van der Waals surface area contributed by atoms with Gasteiger partial charge in [-0.2, -0.15) is 5.10 Å². The molecule has 5 heteroatoms. The summed E-state index contributed by atoms with van der Waals surface area (Å²) in [6.07, 6.45) is 0. The normalized spacial score (nSPS) is 10.9. The van der Waals surface area contributed by atoms with E-state index in [0.29, 0.717) is 24.6 Å². The summed E-state index contributed by atoms with van der Waals surface area (Å²) in [6, 6.07) is 9.54. The number of nitrogens with one attached hydrogen (secondary N) is 2. The highest BCUT2D eigenvalue weighted by Gasteiger charge is 2.07. The van der Waals surface area contributed by atoms with E-state index in [-0.39, 0.29) is 5.56 Å². The largest absolute Gasteiger partial charge is 0.494 e. The molecule has 0 aliphatic heterocycles. The molecule has 0 atom stereocenters. The summed E-state index contributed by atoms with van der Waals surface area (Å²) in [6.45, 7) is 8.24. The highest BCUT2D eigenvalue weighted by atomic mass is 16.5. The van der Waals surface area contributed by atoms with E-state index in [1.807, 2.05) is 37.3 Å². The smallest absolute Gasteiger partial charge is 0.268 e. The van der Waals surface area contributed by atoms with E-state index in [1.54, 1.807) is 0 Å². The van der Waals surface area contributed by atoms with Crippen molar-refractivity contribution < 1.29 is 4.74 Å². The maximum Gasteiger partial charge on any atom is 0.268 e. The number of nitrogens with zero attached hydrogens (tertiary/aromatic N) is 1. The molecule has 1 aromatic heterocycles. The van der Waals surface area contributed by atoms with Crippen LogP contribution in [0.5, 0.6) is 5.75 Å². The lowest BCUT2D eigenvalue weighted by molar-refractivity contribution is 0.340. The molecule has 118 valence electrons. The van der Waals surface area contributed by atoms with Crippen molar-refractivity contribution in [1.82, 2.24) is 15.5 Å². The molecule has 0 bridgehead atoms. The predicted octanol–water partition coefficient (Wildman–Crippen LogP) is 2.58. The number of hydrogen-bond acceptors (Lipinski definition) is 4. The lowest BCUT2D eigenvalue weighted by Crippen LogP contribution is -2.24. The quantitative estimate of drug-likeness (QED) is 0.825. The molecule has 0 aliphatic carbocycles. The zero-order valence-corrected chi connectivity index (χ0v) is 13.3. The van der Waals surface area contributed by atoms with E-state index in [0.717, 1.165) is 23.6 Å². The Bertz CT molecular complexity index is 665. The zero-order valence-electron chi connectivity index (χ0n) is 13.3. The van der Waals surface area contributed by atoms with Gasteiger partial charge in [0, 0.05) is 17.7 Å². The highest BCUT2D eigenvalue weighted by Crippen LogP contribution is 2.21. The number of hydrogen-bond donors (Lipinski definition) is 2. The van der Waals surface area contributed by atoms with Gasteiger partial charge in [0.2, 0.25) is 0 Å². The fourth-order valence-electron chi connectivity index (χ4n) is 2.13. The summed E-state index contributed by atoms with van der Waals surface area (Å²) in [5.41, 5.74) is 2.20. The van der Waals surface area contributed by atoms with Crippen LogP contribution in [0.2, 0.25) is 0 Å². The van der Waals surface area contributed by atoms with Gasteiger partial charge in [0.15, 0.2) is 0 Å². The first-order chi connectivity index (χ1) is 10.6. The third-order valence-electron chi connectivity index (χ3n) is 3.19. The third-order valence-corrected chi connectivity index (χ3v) is 3.19. The molecule has 1 aromatic carbocycles. The minimum Gasteiger partial charge on any atom is -0.494 e. The molecule has 0 saturated heterocycles. The first-order valence-corrected chi connectivity index (χ1v) is 7.62. The van der Waals surface area contributed by atoms with Crippen LogP contribution in [0.4, 0.5) is 0 Å². The Kier molecular flexibility index (Phi) is 5.72. The first kappa shape index (κ1) is 16.2. The fraction of sp³-hybridized carbons (Fsp3) is 0.412. The summed E-state index contributed by atoms with van der Waals surface area (Å²) in [5, 5.41) is 9.98. The Morgan fingerprint density at radius 2 is 2.14 bits per heavy atom. The molecule has 2 aromatic rings.